The molecule has 0 spiro atoms. The number of carbonyl (C=O) groups excluding carboxylic acids is 1. The van der Waals surface area contributed by atoms with Crippen LogP contribution in [0.5, 0.6) is 0 Å². The molecule has 2 aromatic rings. The summed E-state index contributed by atoms with van der Waals surface area (Å²) in [5.41, 5.74) is 0.654. The number of benzene rings is 1. The van der Waals surface area contributed by atoms with Crippen molar-refractivity contribution in [2.45, 2.75) is 37.8 Å². The van der Waals surface area contributed by atoms with Crippen molar-refractivity contribution in [2.75, 3.05) is 30.9 Å². The van der Waals surface area contributed by atoms with Gasteiger partial charge in [0.2, 0.25) is 0 Å². The highest BCUT2D eigenvalue weighted by atomic mass is 35.5. The monoisotopic (exact) mass is 421 g/mol. The molecule has 0 unspecified atom stereocenters. The van der Waals surface area contributed by atoms with Gasteiger partial charge in [-0.1, -0.05) is 11.6 Å². The van der Waals surface area contributed by atoms with E-state index in [2.05, 4.69) is 30.2 Å². The maximum absolute atomic E-state index is 13.3. The van der Waals surface area contributed by atoms with E-state index in [1.807, 2.05) is 13.1 Å². The first-order valence-corrected chi connectivity index (χ1v) is 9.91. The first kappa shape index (κ1) is 21.3. The molecule has 1 fully saturated rings. The van der Waals surface area contributed by atoms with Gasteiger partial charge in [0.05, 0.1) is 18.7 Å². The maximum Gasteiger partial charge on any atom is 0.319 e. The molecule has 9 heteroatoms. The van der Waals surface area contributed by atoms with E-state index in [0.717, 1.165) is 31.5 Å². The molecule has 1 saturated carbocycles. The first-order chi connectivity index (χ1) is 14.0. The number of hydrogen-bond acceptors (Lipinski definition) is 7. The van der Waals surface area contributed by atoms with E-state index in [1.165, 1.54) is 25.6 Å². The van der Waals surface area contributed by atoms with E-state index >= 15 is 0 Å². The van der Waals surface area contributed by atoms with Gasteiger partial charge in [-0.05, 0) is 43.9 Å². The molecule has 156 valence electrons. The zero-order valence-electron chi connectivity index (χ0n) is 16.5. The summed E-state index contributed by atoms with van der Waals surface area (Å²) in [6, 6.07) is 6.98. The van der Waals surface area contributed by atoms with Crippen LogP contribution in [0.4, 0.5) is 21.7 Å². The molecule has 2 N–H and O–H groups in total. The SMILES string of the molecule is COC(=O)CNC1CCC(N(C)c2cc(Nc3ccc(F)c(Cl)c3)ncn2)CC1. The van der Waals surface area contributed by atoms with Gasteiger partial charge in [-0.3, -0.25) is 4.79 Å². The summed E-state index contributed by atoms with van der Waals surface area (Å²) < 4.78 is 18.0. The number of nitrogens with zero attached hydrogens (tertiary/aromatic N) is 3. The zero-order chi connectivity index (χ0) is 20.8. The number of nitrogens with one attached hydrogen (secondary N) is 2. The lowest BCUT2D eigenvalue weighted by Gasteiger charge is -2.35. The number of esters is 1. The highest BCUT2D eigenvalue weighted by Crippen LogP contribution is 2.27. The van der Waals surface area contributed by atoms with Crippen LogP contribution < -0.4 is 15.5 Å². The van der Waals surface area contributed by atoms with Gasteiger partial charge in [0.15, 0.2) is 0 Å². The molecule has 0 bridgehead atoms. The van der Waals surface area contributed by atoms with Crippen LogP contribution in [0.2, 0.25) is 5.02 Å². The van der Waals surface area contributed by atoms with Gasteiger partial charge in [0, 0.05) is 30.9 Å². The Labute approximate surface area is 174 Å². The molecular formula is C20H25ClFN5O2. The van der Waals surface area contributed by atoms with Crippen LogP contribution in [-0.4, -0.2) is 48.7 Å². The minimum absolute atomic E-state index is 0.0546. The Hall–Kier alpha value is -2.45. The summed E-state index contributed by atoms with van der Waals surface area (Å²) in [6.07, 6.45) is 5.46. The second-order valence-electron chi connectivity index (χ2n) is 7.09. The van der Waals surface area contributed by atoms with Crippen molar-refractivity contribution in [3.63, 3.8) is 0 Å². The van der Waals surface area contributed by atoms with E-state index in [1.54, 1.807) is 6.07 Å². The largest absolute Gasteiger partial charge is 0.468 e. The fourth-order valence-electron chi connectivity index (χ4n) is 3.48. The van der Waals surface area contributed by atoms with Gasteiger partial charge in [-0.2, -0.15) is 0 Å². The Morgan fingerprint density at radius 3 is 2.72 bits per heavy atom. The average Bonchev–Trinajstić information content (AvgIpc) is 2.74. The molecule has 1 heterocycles. The maximum atomic E-state index is 13.3. The van der Waals surface area contributed by atoms with E-state index in [4.69, 9.17) is 11.6 Å². The topological polar surface area (TPSA) is 79.4 Å². The summed E-state index contributed by atoms with van der Waals surface area (Å²) in [6.45, 7) is 0.246. The van der Waals surface area contributed by atoms with Gasteiger partial charge in [-0.25, -0.2) is 14.4 Å². The molecule has 0 aliphatic heterocycles. The van der Waals surface area contributed by atoms with Gasteiger partial charge < -0.3 is 20.3 Å². The number of methoxy groups -OCH3 is 1. The highest BCUT2D eigenvalue weighted by Gasteiger charge is 2.25. The number of halogens is 2. The first-order valence-electron chi connectivity index (χ1n) is 9.53. The second kappa shape index (κ2) is 9.84. The third-order valence-corrected chi connectivity index (χ3v) is 5.50. The molecule has 1 aromatic heterocycles. The van der Waals surface area contributed by atoms with E-state index in [-0.39, 0.29) is 17.5 Å². The lowest BCUT2D eigenvalue weighted by molar-refractivity contribution is -0.139. The van der Waals surface area contributed by atoms with Gasteiger partial charge in [0.25, 0.3) is 0 Å². The number of rotatable bonds is 7. The lowest BCUT2D eigenvalue weighted by atomic mass is 9.90. The number of hydrogen-bond donors (Lipinski definition) is 2. The summed E-state index contributed by atoms with van der Waals surface area (Å²) in [7, 11) is 3.42. The summed E-state index contributed by atoms with van der Waals surface area (Å²) >= 11 is 5.84. The van der Waals surface area contributed by atoms with Crippen LogP contribution in [0.1, 0.15) is 25.7 Å². The molecule has 3 rings (SSSR count). The van der Waals surface area contributed by atoms with Crippen LogP contribution >= 0.6 is 11.6 Å². The normalized spacial score (nSPS) is 18.9. The standard InChI is InChI=1S/C20H25ClFN5O2/c1-27(15-6-3-13(4-7-15)23-11-20(28)29-2)19-10-18(24-12-25-19)26-14-5-8-17(22)16(21)9-14/h5,8-10,12-13,15,23H,3-4,6-7,11H2,1-2H3,(H,24,25,26). The van der Waals surface area contributed by atoms with E-state index in [0.29, 0.717) is 23.6 Å². The molecule has 0 saturated heterocycles. The van der Waals surface area contributed by atoms with Crippen molar-refractivity contribution in [2.24, 2.45) is 0 Å². The Morgan fingerprint density at radius 1 is 1.28 bits per heavy atom. The molecule has 7 nitrogen and oxygen atoms in total. The van der Waals surface area contributed by atoms with Crippen molar-refractivity contribution >= 4 is 34.9 Å². The van der Waals surface area contributed by atoms with Gasteiger partial charge >= 0.3 is 5.97 Å². The molecule has 1 aliphatic carbocycles. The molecule has 1 aliphatic rings. The number of aromatic nitrogens is 2. The van der Waals surface area contributed by atoms with Crippen molar-refractivity contribution < 1.29 is 13.9 Å². The Kier molecular flexibility index (Phi) is 7.22. The fraction of sp³-hybridized carbons (Fsp3) is 0.450. The van der Waals surface area contributed by atoms with E-state index in [9.17, 15) is 9.18 Å². The molecule has 0 radical (unpaired) electrons. The number of ether oxygens (including phenoxy) is 1. The number of anilines is 3. The second-order valence-corrected chi connectivity index (χ2v) is 7.50. The Balaban J connectivity index is 1.57. The molecular weight excluding hydrogens is 397 g/mol. The predicted molar refractivity (Wildman–Crippen MR) is 111 cm³/mol. The summed E-state index contributed by atoms with van der Waals surface area (Å²) in [5, 5.41) is 6.43. The van der Waals surface area contributed by atoms with Crippen molar-refractivity contribution in [3.05, 3.63) is 41.4 Å². The quantitative estimate of drug-likeness (QED) is 0.662. The lowest BCUT2D eigenvalue weighted by Crippen LogP contribution is -2.42. The van der Waals surface area contributed by atoms with E-state index < -0.39 is 5.82 Å². The van der Waals surface area contributed by atoms with Crippen molar-refractivity contribution in [1.29, 1.82) is 0 Å². The van der Waals surface area contributed by atoms with Crippen LogP contribution in [0.15, 0.2) is 30.6 Å². The third kappa shape index (κ3) is 5.77. The minimum atomic E-state index is -0.461. The average molecular weight is 422 g/mol. The predicted octanol–water partition coefficient (Wildman–Crippen LogP) is 3.52. The summed E-state index contributed by atoms with van der Waals surface area (Å²) in [5.74, 6) is 0.712. The molecule has 0 atom stereocenters. The van der Waals surface area contributed by atoms with Crippen LogP contribution in [0.25, 0.3) is 0 Å². The highest BCUT2D eigenvalue weighted by molar-refractivity contribution is 6.31. The Bertz CT molecular complexity index is 845. The molecule has 1 aromatic carbocycles. The fourth-order valence-corrected chi connectivity index (χ4v) is 3.66. The van der Waals surface area contributed by atoms with Gasteiger partial charge in [0.1, 0.15) is 23.8 Å². The minimum Gasteiger partial charge on any atom is -0.468 e. The van der Waals surface area contributed by atoms with Crippen molar-refractivity contribution in [1.82, 2.24) is 15.3 Å². The molecule has 0 amide bonds. The van der Waals surface area contributed by atoms with Crippen LogP contribution in [0.3, 0.4) is 0 Å². The van der Waals surface area contributed by atoms with Crippen LogP contribution in [0, 0.1) is 5.82 Å². The number of carbonyl (C=O) groups is 1. The summed E-state index contributed by atoms with van der Waals surface area (Å²) in [4.78, 5) is 22.1. The molecule has 29 heavy (non-hydrogen) atoms. The third-order valence-electron chi connectivity index (χ3n) is 5.21. The van der Waals surface area contributed by atoms with Crippen LogP contribution in [-0.2, 0) is 9.53 Å². The van der Waals surface area contributed by atoms with Crippen molar-refractivity contribution in [3.8, 4) is 0 Å². The van der Waals surface area contributed by atoms with Gasteiger partial charge in [-0.15, -0.1) is 0 Å². The smallest absolute Gasteiger partial charge is 0.319 e. The zero-order valence-corrected chi connectivity index (χ0v) is 17.2. The Morgan fingerprint density at radius 2 is 2.03 bits per heavy atom.